The van der Waals surface area contributed by atoms with Crippen LogP contribution in [0, 0.1) is 5.92 Å². The summed E-state index contributed by atoms with van der Waals surface area (Å²) in [6.07, 6.45) is -4.44. The zero-order valence-electron chi connectivity index (χ0n) is 6.67. The quantitative estimate of drug-likeness (QED) is 0.667. The third-order valence-corrected chi connectivity index (χ3v) is 1.29. The van der Waals surface area contributed by atoms with Gasteiger partial charge in [0.15, 0.2) is 0 Å². The van der Waals surface area contributed by atoms with Gasteiger partial charge in [-0.15, -0.1) is 0 Å². The van der Waals surface area contributed by atoms with Gasteiger partial charge in [-0.3, -0.25) is 0 Å². The first-order valence-corrected chi connectivity index (χ1v) is 3.44. The van der Waals surface area contributed by atoms with Gasteiger partial charge >= 0.3 is 12.1 Å². The molecule has 7 heteroatoms. The van der Waals surface area contributed by atoms with E-state index < -0.39 is 37.8 Å². The first kappa shape index (κ1) is 12.2. The van der Waals surface area contributed by atoms with Crippen LogP contribution < -0.4 is 5.73 Å². The molecule has 0 fully saturated rings. The number of hydrogen-bond acceptors (Lipinski definition) is 3. The highest BCUT2D eigenvalue weighted by Gasteiger charge is 2.38. The second-order valence-corrected chi connectivity index (χ2v) is 2.38. The molecule has 0 heterocycles. The molecule has 0 aromatic heterocycles. The summed E-state index contributed by atoms with van der Waals surface area (Å²) >= 11 is 0. The Morgan fingerprint density at radius 1 is 1.54 bits per heavy atom. The molecule has 0 saturated heterocycles. The first-order chi connectivity index (χ1) is 5.88. The summed E-state index contributed by atoms with van der Waals surface area (Å²) in [7, 11) is 0. The fraction of sp³-hybridized carbons (Fsp3) is 0.833. The minimum atomic E-state index is -4.44. The third-order valence-electron chi connectivity index (χ3n) is 1.29. The second kappa shape index (κ2) is 5.03. The van der Waals surface area contributed by atoms with Crippen LogP contribution in [0.25, 0.3) is 0 Å². The number of carbonyl (C=O) groups is 1. The molecule has 0 amide bonds. The number of carboxylic acids is 1. The molecule has 13 heavy (non-hydrogen) atoms. The summed E-state index contributed by atoms with van der Waals surface area (Å²) in [6.45, 7) is -2.07. The summed E-state index contributed by atoms with van der Waals surface area (Å²) in [5.41, 5.74) is 4.83. The number of carboxylic acid groups (broad SMARTS) is 1. The average molecular weight is 201 g/mol. The van der Waals surface area contributed by atoms with Gasteiger partial charge in [-0.1, -0.05) is 0 Å². The Morgan fingerprint density at radius 2 is 2.08 bits per heavy atom. The van der Waals surface area contributed by atoms with Gasteiger partial charge in [-0.05, 0) is 0 Å². The molecule has 0 aliphatic heterocycles. The highest BCUT2D eigenvalue weighted by Crippen LogP contribution is 2.25. The van der Waals surface area contributed by atoms with Crippen LogP contribution in [-0.4, -0.2) is 37.0 Å². The van der Waals surface area contributed by atoms with E-state index in [4.69, 9.17) is 10.8 Å². The number of halogens is 3. The molecular weight excluding hydrogens is 191 g/mol. The van der Waals surface area contributed by atoms with E-state index in [-0.39, 0.29) is 0 Å². The summed E-state index contributed by atoms with van der Waals surface area (Å²) in [6, 6.07) is 0. The molecule has 0 aliphatic rings. The van der Waals surface area contributed by atoms with Gasteiger partial charge in [0.1, 0.15) is 6.61 Å². The largest absolute Gasteiger partial charge is 0.480 e. The SMILES string of the molecule is NCC(COCC(=O)O)C(F)(F)F. The first-order valence-electron chi connectivity index (χ1n) is 3.44. The van der Waals surface area contributed by atoms with Gasteiger partial charge in [0, 0.05) is 6.54 Å². The summed E-state index contributed by atoms with van der Waals surface area (Å²) in [4.78, 5) is 9.88. The van der Waals surface area contributed by atoms with Crippen LogP contribution in [0.4, 0.5) is 13.2 Å². The molecule has 3 N–H and O–H groups in total. The minimum Gasteiger partial charge on any atom is -0.480 e. The van der Waals surface area contributed by atoms with Gasteiger partial charge in [-0.2, -0.15) is 13.2 Å². The van der Waals surface area contributed by atoms with Crippen molar-refractivity contribution in [3.63, 3.8) is 0 Å². The van der Waals surface area contributed by atoms with Crippen molar-refractivity contribution in [1.29, 1.82) is 0 Å². The van der Waals surface area contributed by atoms with E-state index in [1.165, 1.54) is 0 Å². The lowest BCUT2D eigenvalue weighted by Gasteiger charge is -2.17. The van der Waals surface area contributed by atoms with Crippen molar-refractivity contribution >= 4 is 5.97 Å². The van der Waals surface area contributed by atoms with Crippen molar-refractivity contribution in [2.75, 3.05) is 19.8 Å². The lowest BCUT2D eigenvalue weighted by atomic mass is 10.1. The van der Waals surface area contributed by atoms with Crippen molar-refractivity contribution in [3.8, 4) is 0 Å². The van der Waals surface area contributed by atoms with Gasteiger partial charge in [0.25, 0.3) is 0 Å². The van der Waals surface area contributed by atoms with E-state index in [1.54, 1.807) is 0 Å². The number of alkyl halides is 3. The van der Waals surface area contributed by atoms with E-state index in [0.717, 1.165) is 0 Å². The third kappa shape index (κ3) is 5.42. The smallest absolute Gasteiger partial charge is 0.395 e. The van der Waals surface area contributed by atoms with Crippen molar-refractivity contribution < 1.29 is 27.8 Å². The molecule has 0 aromatic rings. The zero-order valence-corrected chi connectivity index (χ0v) is 6.67. The maximum absolute atomic E-state index is 11.9. The lowest BCUT2D eigenvalue weighted by molar-refractivity contribution is -0.187. The molecule has 0 spiro atoms. The summed E-state index contributed by atoms with van der Waals surface area (Å²) in [5.74, 6) is -3.11. The Balaban J connectivity index is 3.80. The molecule has 1 atom stereocenters. The van der Waals surface area contributed by atoms with Crippen LogP contribution in [0.2, 0.25) is 0 Å². The molecule has 0 aromatic carbocycles. The van der Waals surface area contributed by atoms with Crippen LogP contribution in [-0.2, 0) is 9.53 Å². The molecule has 0 rings (SSSR count). The second-order valence-electron chi connectivity index (χ2n) is 2.38. The van der Waals surface area contributed by atoms with Gasteiger partial charge in [0.05, 0.1) is 12.5 Å². The zero-order chi connectivity index (χ0) is 10.5. The monoisotopic (exact) mass is 201 g/mol. The highest BCUT2D eigenvalue weighted by molar-refractivity contribution is 5.67. The summed E-state index contributed by atoms with van der Waals surface area (Å²) in [5, 5.41) is 8.06. The number of aliphatic carboxylic acids is 1. The predicted octanol–water partition coefficient (Wildman–Crippen LogP) is 0.225. The van der Waals surface area contributed by atoms with Crippen molar-refractivity contribution in [2.24, 2.45) is 11.7 Å². The van der Waals surface area contributed by atoms with Gasteiger partial charge in [-0.25, -0.2) is 4.79 Å². The van der Waals surface area contributed by atoms with E-state index in [1.807, 2.05) is 0 Å². The fourth-order valence-electron chi connectivity index (χ4n) is 0.585. The number of ether oxygens (including phenoxy) is 1. The van der Waals surface area contributed by atoms with Crippen molar-refractivity contribution in [1.82, 2.24) is 0 Å². The maximum Gasteiger partial charge on any atom is 0.395 e. The van der Waals surface area contributed by atoms with E-state index >= 15 is 0 Å². The van der Waals surface area contributed by atoms with Crippen LogP contribution in [0.1, 0.15) is 0 Å². The molecule has 0 saturated carbocycles. The molecule has 1 unspecified atom stereocenters. The van der Waals surface area contributed by atoms with Crippen LogP contribution in [0.3, 0.4) is 0 Å². The maximum atomic E-state index is 11.9. The van der Waals surface area contributed by atoms with Crippen LogP contribution >= 0.6 is 0 Å². The minimum absolute atomic E-state index is 0.608. The molecule has 0 bridgehead atoms. The van der Waals surface area contributed by atoms with E-state index in [9.17, 15) is 18.0 Å². The number of hydrogen-bond donors (Lipinski definition) is 2. The Labute approximate surface area is 72.5 Å². The lowest BCUT2D eigenvalue weighted by Crippen LogP contribution is -2.34. The molecule has 0 radical (unpaired) electrons. The standard InChI is InChI=1S/C6H10F3NO3/c7-6(8,9)4(1-10)2-13-3-5(11)12/h4H,1-3,10H2,(H,11,12). The van der Waals surface area contributed by atoms with Gasteiger partial charge in [0.2, 0.25) is 0 Å². The summed E-state index contributed by atoms with van der Waals surface area (Å²) < 4.78 is 40.1. The average Bonchev–Trinajstić information content (AvgIpc) is 1.95. The topological polar surface area (TPSA) is 72.5 Å². The van der Waals surface area contributed by atoms with Crippen LogP contribution in [0.15, 0.2) is 0 Å². The van der Waals surface area contributed by atoms with Gasteiger partial charge < -0.3 is 15.6 Å². The van der Waals surface area contributed by atoms with E-state index in [0.29, 0.717) is 0 Å². The van der Waals surface area contributed by atoms with Crippen molar-refractivity contribution in [2.45, 2.75) is 6.18 Å². The normalized spacial score (nSPS) is 14.2. The van der Waals surface area contributed by atoms with Crippen LogP contribution in [0.5, 0.6) is 0 Å². The Bertz CT molecular complexity index is 171. The fourth-order valence-corrected chi connectivity index (χ4v) is 0.585. The van der Waals surface area contributed by atoms with Crippen molar-refractivity contribution in [3.05, 3.63) is 0 Å². The highest BCUT2D eigenvalue weighted by atomic mass is 19.4. The molecular formula is C6H10F3NO3. The molecule has 4 nitrogen and oxygen atoms in total. The number of rotatable bonds is 5. The Hall–Kier alpha value is -0.820. The predicted molar refractivity (Wildman–Crippen MR) is 37.1 cm³/mol. The van der Waals surface area contributed by atoms with E-state index in [2.05, 4.69) is 4.74 Å². The number of nitrogens with two attached hydrogens (primary N) is 1. The Kier molecular flexibility index (Phi) is 4.71. The molecule has 0 aliphatic carbocycles. The Morgan fingerprint density at radius 3 is 2.38 bits per heavy atom. The molecule has 78 valence electrons.